The van der Waals surface area contributed by atoms with Crippen molar-refractivity contribution in [1.29, 1.82) is 0 Å². The van der Waals surface area contributed by atoms with E-state index in [0.717, 1.165) is 19.4 Å². The monoisotopic (exact) mass is 284 g/mol. The zero-order valence-corrected chi connectivity index (χ0v) is 11.5. The molecule has 1 aliphatic rings. The van der Waals surface area contributed by atoms with Gasteiger partial charge in [-0.3, -0.25) is 0 Å². The number of anilines is 2. The summed E-state index contributed by atoms with van der Waals surface area (Å²) in [6.07, 6.45) is 2.02. The minimum Gasteiger partial charge on any atom is -0.478 e. The number of hydrogen-bond donors (Lipinski definition) is 2. The zero-order chi connectivity index (χ0) is 14.0. The molecule has 1 aromatic carbocycles. The Balaban J connectivity index is 2.40. The molecule has 0 saturated carbocycles. The Labute approximate surface area is 116 Å². The van der Waals surface area contributed by atoms with E-state index >= 15 is 0 Å². The number of halogens is 1. The Morgan fingerprint density at radius 1 is 1.58 bits per heavy atom. The predicted octanol–water partition coefficient (Wildman–Crippen LogP) is 2.24. The molecular weight excluding hydrogens is 268 g/mol. The van der Waals surface area contributed by atoms with E-state index in [-0.39, 0.29) is 11.7 Å². The van der Waals surface area contributed by atoms with E-state index < -0.39 is 5.97 Å². The summed E-state index contributed by atoms with van der Waals surface area (Å²) in [5.74, 6) is -1.02. The maximum atomic E-state index is 11.3. The second kappa shape index (κ2) is 5.67. The lowest BCUT2D eigenvalue weighted by atomic mass is 10.0. The summed E-state index contributed by atoms with van der Waals surface area (Å²) in [6, 6.07) is 3.03. The first-order valence-electron chi connectivity index (χ1n) is 6.13. The number of carbonyl (C=O) groups is 1. The van der Waals surface area contributed by atoms with Gasteiger partial charge in [-0.25, -0.2) is 4.79 Å². The van der Waals surface area contributed by atoms with E-state index in [1.165, 1.54) is 6.07 Å². The van der Waals surface area contributed by atoms with E-state index in [9.17, 15) is 9.90 Å². The highest BCUT2D eigenvalue weighted by molar-refractivity contribution is 6.34. The fourth-order valence-corrected chi connectivity index (χ4v) is 2.79. The Bertz CT molecular complexity index is 493. The van der Waals surface area contributed by atoms with E-state index in [1.54, 1.807) is 13.2 Å². The third-order valence-corrected chi connectivity index (χ3v) is 3.63. The summed E-state index contributed by atoms with van der Waals surface area (Å²) < 4.78 is 5.35. The highest BCUT2D eigenvalue weighted by Crippen LogP contribution is 2.34. The molecule has 1 atom stereocenters. The SMILES string of the molecule is COC1CCCN(c2c(Cl)cc(N)cc2C(=O)O)C1. The summed E-state index contributed by atoms with van der Waals surface area (Å²) in [5.41, 5.74) is 6.68. The number of benzene rings is 1. The van der Waals surface area contributed by atoms with Crippen LogP contribution in [0.5, 0.6) is 0 Å². The van der Waals surface area contributed by atoms with Crippen LogP contribution in [-0.2, 0) is 4.74 Å². The molecule has 5 nitrogen and oxygen atoms in total. The van der Waals surface area contributed by atoms with Crippen molar-refractivity contribution in [3.8, 4) is 0 Å². The summed E-state index contributed by atoms with van der Waals surface area (Å²) in [7, 11) is 1.66. The molecule has 1 saturated heterocycles. The van der Waals surface area contributed by atoms with Crippen LogP contribution < -0.4 is 10.6 Å². The van der Waals surface area contributed by atoms with Crippen molar-refractivity contribution in [3.05, 3.63) is 22.7 Å². The molecule has 1 heterocycles. The number of ether oxygens (including phenoxy) is 1. The molecule has 0 aromatic heterocycles. The highest BCUT2D eigenvalue weighted by atomic mass is 35.5. The number of carboxylic acids is 1. The summed E-state index contributed by atoms with van der Waals surface area (Å²) >= 11 is 6.18. The molecule has 0 aliphatic carbocycles. The fraction of sp³-hybridized carbons (Fsp3) is 0.462. The van der Waals surface area contributed by atoms with E-state index in [2.05, 4.69) is 0 Å². The van der Waals surface area contributed by atoms with Gasteiger partial charge in [-0.2, -0.15) is 0 Å². The van der Waals surface area contributed by atoms with E-state index in [4.69, 9.17) is 22.1 Å². The average molecular weight is 285 g/mol. The third kappa shape index (κ3) is 2.93. The number of hydrogen-bond acceptors (Lipinski definition) is 4. The molecule has 0 radical (unpaired) electrons. The number of aromatic carboxylic acids is 1. The van der Waals surface area contributed by atoms with Crippen LogP contribution in [0.15, 0.2) is 12.1 Å². The molecule has 1 unspecified atom stereocenters. The van der Waals surface area contributed by atoms with Crippen molar-refractivity contribution < 1.29 is 14.6 Å². The van der Waals surface area contributed by atoms with E-state index in [1.807, 2.05) is 4.90 Å². The van der Waals surface area contributed by atoms with Crippen molar-refractivity contribution in [2.24, 2.45) is 0 Å². The highest BCUT2D eigenvalue weighted by Gasteiger charge is 2.25. The molecule has 1 aromatic rings. The number of methoxy groups -OCH3 is 1. The van der Waals surface area contributed by atoms with Crippen LogP contribution in [0.2, 0.25) is 5.02 Å². The van der Waals surface area contributed by atoms with Gasteiger partial charge in [0, 0.05) is 25.9 Å². The third-order valence-electron chi connectivity index (χ3n) is 3.34. The first kappa shape index (κ1) is 14.0. The van der Waals surface area contributed by atoms with Gasteiger partial charge in [0.05, 0.1) is 22.4 Å². The first-order chi connectivity index (χ1) is 9.02. The molecule has 2 rings (SSSR count). The van der Waals surface area contributed by atoms with Gasteiger partial charge in [-0.05, 0) is 25.0 Å². The van der Waals surface area contributed by atoms with Gasteiger partial charge in [-0.15, -0.1) is 0 Å². The molecule has 6 heteroatoms. The molecule has 1 aliphatic heterocycles. The summed E-state index contributed by atoms with van der Waals surface area (Å²) in [5, 5.41) is 9.67. The predicted molar refractivity (Wildman–Crippen MR) is 75.1 cm³/mol. The van der Waals surface area contributed by atoms with Gasteiger partial charge in [0.2, 0.25) is 0 Å². The minimum absolute atomic E-state index is 0.101. The standard InChI is InChI=1S/C13H17ClN2O3/c1-19-9-3-2-4-16(7-9)12-10(13(17)18)5-8(15)6-11(12)14/h5-6,9H,2-4,7,15H2,1H3,(H,17,18). The number of nitrogen functional groups attached to an aromatic ring is 1. The van der Waals surface area contributed by atoms with Crippen molar-refractivity contribution in [1.82, 2.24) is 0 Å². The Kier molecular flexibility index (Phi) is 4.17. The van der Waals surface area contributed by atoms with Crippen LogP contribution in [0.3, 0.4) is 0 Å². The van der Waals surface area contributed by atoms with Gasteiger partial charge in [0.15, 0.2) is 0 Å². The fourth-order valence-electron chi connectivity index (χ4n) is 2.44. The second-order valence-corrected chi connectivity index (χ2v) is 5.06. The van der Waals surface area contributed by atoms with Crippen molar-refractivity contribution >= 4 is 28.9 Å². The second-order valence-electron chi connectivity index (χ2n) is 4.65. The molecule has 0 amide bonds. The van der Waals surface area contributed by atoms with Gasteiger partial charge in [0.1, 0.15) is 0 Å². The summed E-state index contributed by atoms with van der Waals surface area (Å²) in [6.45, 7) is 1.41. The van der Waals surface area contributed by atoms with Crippen LogP contribution in [0.4, 0.5) is 11.4 Å². The molecule has 0 bridgehead atoms. The maximum absolute atomic E-state index is 11.3. The van der Waals surface area contributed by atoms with Crippen LogP contribution in [0.1, 0.15) is 23.2 Å². The molecule has 1 fully saturated rings. The lowest BCUT2D eigenvalue weighted by Gasteiger charge is -2.35. The minimum atomic E-state index is -1.02. The van der Waals surface area contributed by atoms with Gasteiger partial charge in [-0.1, -0.05) is 11.6 Å². The number of carboxylic acid groups (broad SMARTS) is 1. The lowest BCUT2D eigenvalue weighted by molar-refractivity contribution is 0.0695. The normalized spacial score (nSPS) is 19.5. The smallest absolute Gasteiger partial charge is 0.337 e. The van der Waals surface area contributed by atoms with Crippen molar-refractivity contribution in [2.75, 3.05) is 30.8 Å². The largest absolute Gasteiger partial charge is 0.478 e. The molecule has 3 N–H and O–H groups in total. The topological polar surface area (TPSA) is 75.8 Å². The number of rotatable bonds is 3. The molecule has 19 heavy (non-hydrogen) atoms. The maximum Gasteiger partial charge on any atom is 0.337 e. The summed E-state index contributed by atoms with van der Waals surface area (Å²) in [4.78, 5) is 13.3. The first-order valence-corrected chi connectivity index (χ1v) is 6.50. The Hall–Kier alpha value is -1.46. The Morgan fingerprint density at radius 3 is 2.95 bits per heavy atom. The van der Waals surface area contributed by atoms with Gasteiger partial charge >= 0.3 is 5.97 Å². The number of piperidine rings is 1. The molecular formula is C13H17ClN2O3. The number of nitrogens with zero attached hydrogens (tertiary/aromatic N) is 1. The van der Waals surface area contributed by atoms with Gasteiger partial charge in [0.25, 0.3) is 0 Å². The lowest BCUT2D eigenvalue weighted by Crippen LogP contribution is -2.40. The number of nitrogens with two attached hydrogens (primary N) is 1. The average Bonchev–Trinajstić information content (AvgIpc) is 2.37. The molecule has 0 spiro atoms. The van der Waals surface area contributed by atoms with Crippen LogP contribution in [-0.4, -0.2) is 37.4 Å². The van der Waals surface area contributed by atoms with Crippen molar-refractivity contribution in [2.45, 2.75) is 18.9 Å². The quantitative estimate of drug-likeness (QED) is 0.833. The Morgan fingerprint density at radius 2 is 2.32 bits per heavy atom. The van der Waals surface area contributed by atoms with Crippen molar-refractivity contribution in [3.63, 3.8) is 0 Å². The van der Waals surface area contributed by atoms with Crippen LogP contribution in [0, 0.1) is 0 Å². The zero-order valence-electron chi connectivity index (χ0n) is 10.7. The van der Waals surface area contributed by atoms with Crippen LogP contribution in [0.25, 0.3) is 0 Å². The molecule has 104 valence electrons. The van der Waals surface area contributed by atoms with E-state index in [0.29, 0.717) is 22.9 Å². The van der Waals surface area contributed by atoms with Gasteiger partial charge < -0.3 is 20.5 Å². The van der Waals surface area contributed by atoms with Crippen LogP contribution >= 0.6 is 11.6 Å².